The van der Waals surface area contributed by atoms with Crippen molar-refractivity contribution in [3.63, 3.8) is 0 Å². The average Bonchev–Trinajstić information content (AvgIpc) is 2.85. The molecule has 96 valence electrons. The van der Waals surface area contributed by atoms with E-state index in [1.54, 1.807) is 30.2 Å². The molecule has 2 rings (SSSR count). The SMILES string of the molecule is COCCNC(=O)CNc1nccn2cnnc12. The van der Waals surface area contributed by atoms with E-state index in [9.17, 15) is 4.79 Å². The van der Waals surface area contributed by atoms with Crippen LogP contribution in [0.1, 0.15) is 0 Å². The van der Waals surface area contributed by atoms with Crippen LogP contribution in [0.5, 0.6) is 0 Å². The highest BCUT2D eigenvalue weighted by atomic mass is 16.5. The number of methoxy groups -OCH3 is 1. The van der Waals surface area contributed by atoms with Crippen molar-refractivity contribution in [2.45, 2.75) is 0 Å². The van der Waals surface area contributed by atoms with Crippen molar-refractivity contribution in [2.24, 2.45) is 0 Å². The van der Waals surface area contributed by atoms with Gasteiger partial charge in [0, 0.05) is 26.0 Å². The number of carbonyl (C=O) groups excluding carboxylic acids is 1. The Labute approximate surface area is 103 Å². The fourth-order valence-corrected chi connectivity index (χ4v) is 1.40. The van der Waals surface area contributed by atoms with E-state index in [-0.39, 0.29) is 12.5 Å². The van der Waals surface area contributed by atoms with E-state index in [0.717, 1.165) is 0 Å². The van der Waals surface area contributed by atoms with Crippen molar-refractivity contribution >= 4 is 17.4 Å². The van der Waals surface area contributed by atoms with Gasteiger partial charge in [0.2, 0.25) is 11.6 Å². The largest absolute Gasteiger partial charge is 0.383 e. The molecule has 0 saturated carbocycles. The van der Waals surface area contributed by atoms with Crippen LogP contribution in [0, 0.1) is 0 Å². The summed E-state index contributed by atoms with van der Waals surface area (Å²) in [5, 5.41) is 13.3. The molecule has 18 heavy (non-hydrogen) atoms. The fraction of sp³-hybridized carbons (Fsp3) is 0.400. The summed E-state index contributed by atoms with van der Waals surface area (Å²) < 4.78 is 6.55. The van der Waals surface area contributed by atoms with E-state index >= 15 is 0 Å². The maximum absolute atomic E-state index is 11.5. The number of nitrogens with zero attached hydrogens (tertiary/aromatic N) is 4. The summed E-state index contributed by atoms with van der Waals surface area (Å²) in [6.07, 6.45) is 4.92. The second-order valence-corrected chi connectivity index (χ2v) is 3.53. The molecule has 0 bridgehead atoms. The molecule has 2 heterocycles. The van der Waals surface area contributed by atoms with Crippen LogP contribution in [0.3, 0.4) is 0 Å². The first kappa shape index (κ1) is 12.2. The maximum atomic E-state index is 11.5. The number of amides is 1. The number of ether oxygens (including phenoxy) is 1. The quantitative estimate of drug-likeness (QED) is 0.658. The number of nitrogens with one attached hydrogen (secondary N) is 2. The minimum absolute atomic E-state index is 0.128. The molecule has 8 heteroatoms. The zero-order chi connectivity index (χ0) is 12.8. The second-order valence-electron chi connectivity index (χ2n) is 3.53. The molecule has 0 aliphatic carbocycles. The molecular weight excluding hydrogens is 236 g/mol. The molecule has 0 fully saturated rings. The van der Waals surface area contributed by atoms with Crippen LogP contribution in [-0.2, 0) is 9.53 Å². The Kier molecular flexibility index (Phi) is 4.02. The van der Waals surface area contributed by atoms with E-state index in [4.69, 9.17) is 4.74 Å². The van der Waals surface area contributed by atoms with Gasteiger partial charge in [0.05, 0.1) is 13.2 Å². The van der Waals surface area contributed by atoms with Crippen molar-refractivity contribution < 1.29 is 9.53 Å². The lowest BCUT2D eigenvalue weighted by atomic mass is 10.5. The number of hydrogen-bond acceptors (Lipinski definition) is 6. The van der Waals surface area contributed by atoms with Crippen LogP contribution in [-0.4, -0.2) is 52.3 Å². The lowest BCUT2D eigenvalue weighted by Gasteiger charge is -2.07. The van der Waals surface area contributed by atoms with Gasteiger partial charge in [-0.05, 0) is 0 Å². The number of fused-ring (bicyclic) bond motifs is 1. The minimum atomic E-state index is -0.129. The first-order chi connectivity index (χ1) is 8.81. The van der Waals surface area contributed by atoms with Gasteiger partial charge in [-0.15, -0.1) is 10.2 Å². The Morgan fingerprint density at radius 2 is 2.44 bits per heavy atom. The molecule has 2 aromatic heterocycles. The van der Waals surface area contributed by atoms with Crippen molar-refractivity contribution in [1.29, 1.82) is 0 Å². The molecular formula is C10H14N6O2. The van der Waals surface area contributed by atoms with E-state index < -0.39 is 0 Å². The van der Waals surface area contributed by atoms with E-state index in [1.807, 2.05) is 0 Å². The monoisotopic (exact) mass is 250 g/mol. The molecule has 0 unspecified atom stereocenters. The highest BCUT2D eigenvalue weighted by Crippen LogP contribution is 2.08. The highest BCUT2D eigenvalue weighted by molar-refractivity contribution is 5.81. The summed E-state index contributed by atoms with van der Waals surface area (Å²) in [5.41, 5.74) is 0.585. The van der Waals surface area contributed by atoms with Gasteiger partial charge in [0.25, 0.3) is 0 Å². The van der Waals surface area contributed by atoms with Crippen LogP contribution in [0.4, 0.5) is 5.82 Å². The number of hydrogen-bond donors (Lipinski definition) is 2. The lowest BCUT2D eigenvalue weighted by molar-refractivity contribution is -0.119. The Morgan fingerprint density at radius 3 is 3.28 bits per heavy atom. The summed E-state index contributed by atoms with van der Waals surface area (Å²) in [7, 11) is 1.58. The smallest absolute Gasteiger partial charge is 0.239 e. The minimum Gasteiger partial charge on any atom is -0.383 e. The van der Waals surface area contributed by atoms with E-state index in [1.165, 1.54) is 0 Å². The Hall–Kier alpha value is -2.22. The molecule has 0 aliphatic heterocycles. The van der Waals surface area contributed by atoms with Crippen LogP contribution in [0.15, 0.2) is 18.7 Å². The summed E-state index contributed by atoms with van der Waals surface area (Å²) in [4.78, 5) is 15.6. The first-order valence-electron chi connectivity index (χ1n) is 5.45. The Bertz CT molecular complexity index is 526. The predicted octanol–water partition coefficient (Wildman–Crippen LogP) is -0.701. The summed E-state index contributed by atoms with van der Waals surface area (Å²) >= 11 is 0. The number of anilines is 1. The molecule has 8 nitrogen and oxygen atoms in total. The van der Waals surface area contributed by atoms with Crippen molar-refractivity contribution in [3.05, 3.63) is 18.7 Å². The second kappa shape index (κ2) is 5.92. The molecule has 0 radical (unpaired) electrons. The van der Waals surface area contributed by atoms with Gasteiger partial charge in [-0.2, -0.15) is 0 Å². The van der Waals surface area contributed by atoms with Gasteiger partial charge in [-0.1, -0.05) is 0 Å². The standard InChI is InChI=1S/C10H14N6O2/c1-18-5-3-11-8(17)6-13-9-10-15-14-7-16(10)4-2-12-9/h2,4,7H,3,5-6H2,1H3,(H,11,17)(H,12,13). The molecule has 2 N–H and O–H groups in total. The first-order valence-corrected chi connectivity index (χ1v) is 5.45. The molecule has 1 amide bonds. The predicted molar refractivity (Wildman–Crippen MR) is 64.2 cm³/mol. The van der Waals surface area contributed by atoms with Gasteiger partial charge in [0.1, 0.15) is 6.33 Å². The third-order valence-corrected chi connectivity index (χ3v) is 2.26. The van der Waals surface area contributed by atoms with Crippen molar-refractivity contribution in [3.8, 4) is 0 Å². The molecule has 0 aromatic carbocycles. The Morgan fingerprint density at radius 1 is 1.56 bits per heavy atom. The van der Waals surface area contributed by atoms with Gasteiger partial charge >= 0.3 is 0 Å². The van der Waals surface area contributed by atoms with E-state index in [0.29, 0.717) is 24.6 Å². The molecule has 2 aromatic rings. The molecule has 0 aliphatic rings. The third-order valence-electron chi connectivity index (χ3n) is 2.26. The fourth-order valence-electron chi connectivity index (χ4n) is 1.40. The van der Waals surface area contributed by atoms with Gasteiger partial charge in [-0.3, -0.25) is 9.20 Å². The van der Waals surface area contributed by atoms with E-state index in [2.05, 4.69) is 25.8 Å². The average molecular weight is 250 g/mol. The van der Waals surface area contributed by atoms with Gasteiger partial charge in [0.15, 0.2) is 5.82 Å². The maximum Gasteiger partial charge on any atom is 0.239 e. The van der Waals surface area contributed by atoms with Crippen molar-refractivity contribution in [2.75, 3.05) is 32.1 Å². The normalized spacial score (nSPS) is 10.5. The van der Waals surface area contributed by atoms with Crippen LogP contribution < -0.4 is 10.6 Å². The lowest BCUT2D eigenvalue weighted by Crippen LogP contribution is -2.32. The van der Waals surface area contributed by atoms with Gasteiger partial charge in [-0.25, -0.2) is 4.98 Å². The van der Waals surface area contributed by atoms with Crippen molar-refractivity contribution in [1.82, 2.24) is 24.9 Å². The Balaban J connectivity index is 1.90. The number of carbonyl (C=O) groups is 1. The van der Waals surface area contributed by atoms with Crippen LogP contribution >= 0.6 is 0 Å². The summed E-state index contributed by atoms with van der Waals surface area (Å²) in [6, 6.07) is 0. The zero-order valence-corrected chi connectivity index (χ0v) is 9.96. The van der Waals surface area contributed by atoms with Crippen LogP contribution in [0.25, 0.3) is 5.65 Å². The van der Waals surface area contributed by atoms with Gasteiger partial charge < -0.3 is 15.4 Å². The molecule has 0 spiro atoms. The summed E-state index contributed by atoms with van der Waals surface area (Å²) in [6.45, 7) is 1.10. The zero-order valence-electron chi connectivity index (χ0n) is 9.96. The molecule has 0 saturated heterocycles. The third kappa shape index (κ3) is 2.92. The number of rotatable bonds is 6. The topological polar surface area (TPSA) is 93.4 Å². The highest BCUT2D eigenvalue weighted by Gasteiger charge is 2.06. The summed E-state index contributed by atoms with van der Waals surface area (Å²) in [5.74, 6) is 0.396. The molecule has 0 atom stereocenters. The van der Waals surface area contributed by atoms with Crippen LogP contribution in [0.2, 0.25) is 0 Å². The number of aromatic nitrogens is 4.